The van der Waals surface area contributed by atoms with E-state index < -0.39 is 0 Å². The van der Waals surface area contributed by atoms with E-state index in [-0.39, 0.29) is 58.2 Å². The molecule has 3 aliphatic rings. The van der Waals surface area contributed by atoms with Crippen molar-refractivity contribution in [2.75, 3.05) is 6.61 Å². The molecule has 0 saturated heterocycles. The number of hydrogen-bond acceptors (Lipinski definition) is 6. The Balaban J connectivity index is 1.67. The average molecular weight is 463 g/mol. The fourth-order valence-corrected chi connectivity index (χ4v) is 7.41. The Bertz CT molecular complexity index is 789. The predicted octanol–water partition coefficient (Wildman–Crippen LogP) is 4.91. The van der Waals surface area contributed by atoms with Gasteiger partial charge in [-0.3, -0.25) is 19.2 Å². The van der Waals surface area contributed by atoms with E-state index in [2.05, 4.69) is 13.8 Å². The van der Waals surface area contributed by atoms with E-state index in [0.29, 0.717) is 37.7 Å². The number of ether oxygens (including phenoxy) is 2. The molecule has 0 N–H and O–H groups in total. The largest absolute Gasteiger partial charge is 0.466 e. The quantitative estimate of drug-likeness (QED) is 0.476. The first-order valence-electron chi connectivity index (χ1n) is 12.7. The molecule has 186 valence electrons. The summed E-state index contributed by atoms with van der Waals surface area (Å²) in [6.45, 7) is 11.7. The summed E-state index contributed by atoms with van der Waals surface area (Å²) in [4.78, 5) is 48.9. The van der Waals surface area contributed by atoms with Crippen LogP contribution in [0.1, 0.15) is 92.9 Å². The Hall–Kier alpha value is -1.72. The number of carbonyl (C=O) groups excluding carboxylic acids is 4. The minimum Gasteiger partial charge on any atom is -0.466 e. The lowest BCUT2D eigenvalue weighted by Gasteiger charge is -2.56. The van der Waals surface area contributed by atoms with E-state index in [0.717, 1.165) is 32.1 Å². The van der Waals surface area contributed by atoms with Crippen LogP contribution < -0.4 is 0 Å². The first-order chi connectivity index (χ1) is 15.4. The van der Waals surface area contributed by atoms with Gasteiger partial charge in [0, 0.05) is 38.5 Å². The highest BCUT2D eigenvalue weighted by Crippen LogP contribution is 2.65. The molecule has 0 amide bonds. The lowest BCUT2D eigenvalue weighted by atomic mass is 9.48. The zero-order valence-electron chi connectivity index (χ0n) is 21.3. The van der Waals surface area contributed by atoms with Crippen molar-refractivity contribution in [2.45, 2.75) is 99.0 Å². The van der Waals surface area contributed by atoms with Gasteiger partial charge in [-0.15, -0.1) is 0 Å². The van der Waals surface area contributed by atoms with Gasteiger partial charge in [0.1, 0.15) is 17.7 Å². The van der Waals surface area contributed by atoms with Gasteiger partial charge in [-0.25, -0.2) is 0 Å². The summed E-state index contributed by atoms with van der Waals surface area (Å²) in [7, 11) is 0. The maximum Gasteiger partial charge on any atom is 0.302 e. The number of rotatable bonds is 8. The van der Waals surface area contributed by atoms with Gasteiger partial charge in [0.15, 0.2) is 0 Å². The van der Waals surface area contributed by atoms with Crippen LogP contribution in [0.2, 0.25) is 0 Å². The Morgan fingerprint density at radius 1 is 1.06 bits per heavy atom. The van der Waals surface area contributed by atoms with Gasteiger partial charge in [0.2, 0.25) is 0 Å². The summed E-state index contributed by atoms with van der Waals surface area (Å²) in [6.07, 6.45) is 6.32. The van der Waals surface area contributed by atoms with E-state index >= 15 is 0 Å². The van der Waals surface area contributed by atoms with Crippen molar-refractivity contribution in [3.8, 4) is 0 Å². The maximum absolute atomic E-state index is 13.2. The molecule has 8 atom stereocenters. The molecule has 6 nitrogen and oxygen atoms in total. The highest BCUT2D eigenvalue weighted by molar-refractivity contribution is 5.92. The molecule has 0 bridgehead atoms. The number of hydrogen-bond donors (Lipinski definition) is 0. The minimum atomic E-state index is -0.303. The van der Waals surface area contributed by atoms with Gasteiger partial charge in [-0.2, -0.15) is 0 Å². The predicted molar refractivity (Wildman–Crippen MR) is 124 cm³/mol. The monoisotopic (exact) mass is 462 g/mol. The summed E-state index contributed by atoms with van der Waals surface area (Å²) in [5, 5.41) is 0. The van der Waals surface area contributed by atoms with E-state index in [1.54, 1.807) is 0 Å². The van der Waals surface area contributed by atoms with Crippen LogP contribution in [0, 0.1) is 40.4 Å². The molecule has 3 aliphatic carbocycles. The fraction of sp³-hybridized carbons (Fsp3) is 0.852. The molecular formula is C27H42O6. The summed E-state index contributed by atoms with van der Waals surface area (Å²) in [6, 6.07) is 0. The molecule has 0 unspecified atom stereocenters. The average Bonchev–Trinajstić information content (AvgIpc) is 2.96. The molecule has 33 heavy (non-hydrogen) atoms. The van der Waals surface area contributed by atoms with Crippen LogP contribution in [0.3, 0.4) is 0 Å². The molecule has 3 saturated carbocycles. The summed E-state index contributed by atoms with van der Waals surface area (Å²) in [5.41, 5.74) is -0.0406. The molecule has 3 fully saturated rings. The topological polar surface area (TPSA) is 86.7 Å². The van der Waals surface area contributed by atoms with E-state index in [1.165, 1.54) is 13.8 Å². The summed E-state index contributed by atoms with van der Waals surface area (Å²) in [5.74, 6) is 0.238. The minimum absolute atomic E-state index is 0.00712. The van der Waals surface area contributed by atoms with E-state index in [1.807, 2.05) is 13.8 Å². The van der Waals surface area contributed by atoms with Gasteiger partial charge < -0.3 is 9.47 Å². The zero-order chi connectivity index (χ0) is 24.6. The van der Waals surface area contributed by atoms with Crippen LogP contribution in [-0.2, 0) is 28.7 Å². The Kier molecular flexibility index (Phi) is 7.75. The van der Waals surface area contributed by atoms with Gasteiger partial charge in [-0.05, 0) is 67.1 Å². The van der Waals surface area contributed by atoms with Gasteiger partial charge >= 0.3 is 11.9 Å². The Morgan fingerprint density at radius 2 is 1.76 bits per heavy atom. The number of Topliss-reactive ketones (excluding diaryl/α,β-unsaturated/α-hetero) is 2. The SMILES string of the molecule is CC(=O)OC[C@@H](C)CCC(=O)[C@H](C)[C@@H]1C(=O)C[C@H]2C[C@H]3C[C@@H](OC(C)=O)CC[C@@]3(C)C[C@@]21C. The second-order valence-corrected chi connectivity index (χ2v) is 11.8. The fourth-order valence-electron chi connectivity index (χ4n) is 7.41. The first-order valence-corrected chi connectivity index (χ1v) is 12.7. The molecule has 0 aromatic carbocycles. The highest BCUT2D eigenvalue weighted by Gasteiger charge is 2.61. The normalized spacial score (nSPS) is 37.5. The lowest BCUT2D eigenvalue weighted by molar-refractivity contribution is -0.155. The maximum atomic E-state index is 13.2. The van der Waals surface area contributed by atoms with Crippen molar-refractivity contribution in [3.05, 3.63) is 0 Å². The van der Waals surface area contributed by atoms with Crippen LogP contribution in [-0.4, -0.2) is 36.2 Å². The summed E-state index contributed by atoms with van der Waals surface area (Å²) < 4.78 is 10.6. The van der Waals surface area contributed by atoms with Crippen LogP contribution in [0.4, 0.5) is 0 Å². The zero-order valence-corrected chi connectivity index (χ0v) is 21.3. The van der Waals surface area contributed by atoms with Gasteiger partial charge in [-0.1, -0.05) is 27.7 Å². The second kappa shape index (κ2) is 9.87. The molecule has 0 spiro atoms. The van der Waals surface area contributed by atoms with Crippen LogP contribution in [0.5, 0.6) is 0 Å². The smallest absolute Gasteiger partial charge is 0.302 e. The third kappa shape index (κ3) is 5.51. The number of carbonyl (C=O) groups is 4. The first kappa shape index (κ1) is 25.9. The molecule has 6 heteroatoms. The van der Waals surface area contributed by atoms with Gasteiger partial charge in [0.05, 0.1) is 6.61 Å². The summed E-state index contributed by atoms with van der Waals surface area (Å²) >= 11 is 0. The molecule has 0 heterocycles. The van der Waals surface area contributed by atoms with Crippen LogP contribution in [0.25, 0.3) is 0 Å². The van der Waals surface area contributed by atoms with Crippen molar-refractivity contribution in [3.63, 3.8) is 0 Å². The van der Waals surface area contributed by atoms with Crippen LogP contribution >= 0.6 is 0 Å². The Morgan fingerprint density at radius 3 is 2.39 bits per heavy atom. The third-order valence-electron chi connectivity index (χ3n) is 9.16. The highest BCUT2D eigenvalue weighted by atomic mass is 16.5. The van der Waals surface area contributed by atoms with Gasteiger partial charge in [0.25, 0.3) is 0 Å². The molecule has 0 aromatic heterocycles. The number of esters is 2. The third-order valence-corrected chi connectivity index (χ3v) is 9.16. The second-order valence-electron chi connectivity index (χ2n) is 11.8. The lowest BCUT2D eigenvalue weighted by Crippen LogP contribution is -2.50. The molecule has 0 radical (unpaired) electrons. The molecule has 0 aliphatic heterocycles. The standard InChI is InChI=1S/C27H42O6/c1-16(14-32-18(3)28)7-8-23(30)17(2)25-24(31)13-21-11-20-12-22(33-19(4)29)9-10-26(20,5)15-27(21,25)6/h16-17,20-22,25H,7-15H2,1-6H3/t16-,17-,20-,21+,22-,25+,26-,27-/m0/s1. The van der Waals surface area contributed by atoms with Crippen LogP contribution in [0.15, 0.2) is 0 Å². The van der Waals surface area contributed by atoms with Crippen molar-refractivity contribution in [2.24, 2.45) is 40.4 Å². The van der Waals surface area contributed by atoms with Crippen molar-refractivity contribution < 1.29 is 28.7 Å². The van der Waals surface area contributed by atoms with Crippen molar-refractivity contribution in [1.29, 1.82) is 0 Å². The Labute approximate surface area is 198 Å². The molecule has 3 rings (SSSR count). The van der Waals surface area contributed by atoms with E-state index in [4.69, 9.17) is 9.47 Å². The van der Waals surface area contributed by atoms with Crippen molar-refractivity contribution in [1.82, 2.24) is 0 Å². The molecule has 0 aromatic rings. The van der Waals surface area contributed by atoms with Crippen molar-refractivity contribution >= 4 is 23.5 Å². The number of ketones is 2. The molecular weight excluding hydrogens is 420 g/mol. The number of fused-ring (bicyclic) bond motifs is 2. The van der Waals surface area contributed by atoms with E-state index in [9.17, 15) is 19.2 Å².